The summed E-state index contributed by atoms with van der Waals surface area (Å²) in [6.07, 6.45) is 3.59. The van der Waals surface area contributed by atoms with Gasteiger partial charge in [0.25, 0.3) is 0 Å². The fraction of sp³-hybridized carbons (Fsp3) is 0.438. The molecule has 0 aliphatic carbocycles. The molecule has 0 fully saturated rings. The molecule has 1 aromatic heterocycles. The van der Waals surface area contributed by atoms with Crippen LogP contribution in [0.15, 0.2) is 41.5 Å². The maximum atomic E-state index is 12.3. The maximum Gasteiger partial charge on any atom is 0.332 e. The van der Waals surface area contributed by atoms with Gasteiger partial charge >= 0.3 is 5.69 Å². The highest BCUT2D eigenvalue weighted by atomic mass is 16.3. The van der Waals surface area contributed by atoms with Crippen molar-refractivity contribution in [3.05, 3.63) is 52.7 Å². The topological polar surface area (TPSA) is 47.2 Å². The van der Waals surface area contributed by atoms with Crippen LogP contribution in [0.2, 0.25) is 0 Å². The lowest BCUT2D eigenvalue weighted by Gasteiger charge is -2.22. The minimum absolute atomic E-state index is 0.0426. The van der Waals surface area contributed by atoms with Gasteiger partial charge in [0.1, 0.15) is 0 Å². The number of benzene rings is 1. The van der Waals surface area contributed by atoms with Gasteiger partial charge in [-0.3, -0.25) is 9.13 Å². The predicted molar refractivity (Wildman–Crippen MR) is 80.5 cm³/mol. The van der Waals surface area contributed by atoms with Gasteiger partial charge < -0.3 is 5.11 Å². The van der Waals surface area contributed by atoms with Gasteiger partial charge in [-0.2, -0.15) is 0 Å². The molecule has 1 aromatic carbocycles. The molecular weight excluding hydrogens is 252 g/mol. The quantitative estimate of drug-likeness (QED) is 0.931. The highest BCUT2D eigenvalue weighted by Crippen LogP contribution is 2.24. The molecule has 1 heterocycles. The van der Waals surface area contributed by atoms with Crippen LogP contribution in [0.25, 0.3) is 5.69 Å². The molecular formula is C16H22N2O2. The summed E-state index contributed by atoms with van der Waals surface area (Å²) < 4.78 is 3.33. The summed E-state index contributed by atoms with van der Waals surface area (Å²) in [5.74, 6) is 0. The van der Waals surface area contributed by atoms with E-state index in [1.807, 2.05) is 52.0 Å². The van der Waals surface area contributed by atoms with Crippen molar-refractivity contribution in [1.82, 2.24) is 9.13 Å². The summed E-state index contributed by atoms with van der Waals surface area (Å²) in [5.41, 5.74) is 1.48. The Morgan fingerprint density at radius 2 is 1.95 bits per heavy atom. The summed E-state index contributed by atoms with van der Waals surface area (Å²) in [5, 5.41) is 9.47. The Balaban J connectivity index is 2.50. The van der Waals surface area contributed by atoms with Crippen LogP contribution in [-0.4, -0.2) is 20.8 Å². The standard InChI is InChI=1S/C16H22N2O2/c1-12(2)17-8-9-18(15(17)20)14-7-5-6-13(10-14)16(3,4)11-19/h5-10,12,19H,11H2,1-4H3. The first-order valence-corrected chi connectivity index (χ1v) is 6.88. The van der Waals surface area contributed by atoms with Crippen molar-refractivity contribution in [2.45, 2.75) is 39.2 Å². The second-order valence-corrected chi connectivity index (χ2v) is 6.04. The van der Waals surface area contributed by atoms with Crippen LogP contribution in [0.4, 0.5) is 0 Å². The van der Waals surface area contributed by atoms with Gasteiger partial charge in [-0.25, -0.2) is 4.79 Å². The molecule has 0 aliphatic rings. The van der Waals surface area contributed by atoms with E-state index in [1.54, 1.807) is 21.5 Å². The first-order valence-electron chi connectivity index (χ1n) is 6.88. The first-order chi connectivity index (χ1) is 9.36. The van der Waals surface area contributed by atoms with Crippen molar-refractivity contribution in [2.75, 3.05) is 6.61 Å². The number of hydrogen-bond donors (Lipinski definition) is 1. The van der Waals surface area contributed by atoms with Crippen LogP contribution >= 0.6 is 0 Å². The second kappa shape index (κ2) is 5.29. The van der Waals surface area contributed by atoms with Crippen molar-refractivity contribution >= 4 is 0 Å². The molecule has 4 heteroatoms. The number of aliphatic hydroxyl groups excluding tert-OH is 1. The minimum atomic E-state index is -0.319. The average Bonchev–Trinajstić information content (AvgIpc) is 2.81. The molecule has 20 heavy (non-hydrogen) atoms. The van der Waals surface area contributed by atoms with Gasteiger partial charge in [0.15, 0.2) is 0 Å². The predicted octanol–water partition coefficient (Wildman–Crippen LogP) is 2.49. The lowest BCUT2D eigenvalue weighted by atomic mass is 9.85. The molecule has 0 atom stereocenters. The van der Waals surface area contributed by atoms with Crippen LogP contribution < -0.4 is 5.69 Å². The van der Waals surface area contributed by atoms with E-state index < -0.39 is 0 Å². The Morgan fingerprint density at radius 1 is 1.25 bits per heavy atom. The van der Waals surface area contributed by atoms with Crippen molar-refractivity contribution in [1.29, 1.82) is 0 Å². The number of rotatable bonds is 4. The summed E-state index contributed by atoms with van der Waals surface area (Å²) in [6.45, 7) is 7.99. The maximum absolute atomic E-state index is 12.3. The Hall–Kier alpha value is -1.81. The van der Waals surface area contributed by atoms with Crippen molar-refractivity contribution in [2.24, 2.45) is 0 Å². The number of aromatic nitrogens is 2. The van der Waals surface area contributed by atoms with Gasteiger partial charge in [-0.1, -0.05) is 26.0 Å². The van der Waals surface area contributed by atoms with E-state index >= 15 is 0 Å². The number of nitrogens with zero attached hydrogens (tertiary/aromatic N) is 2. The molecule has 0 amide bonds. The second-order valence-electron chi connectivity index (χ2n) is 6.04. The van der Waals surface area contributed by atoms with E-state index in [4.69, 9.17) is 0 Å². The largest absolute Gasteiger partial charge is 0.395 e. The third-order valence-corrected chi connectivity index (χ3v) is 3.66. The third kappa shape index (κ3) is 2.56. The van der Waals surface area contributed by atoms with E-state index in [1.165, 1.54) is 0 Å². The molecule has 4 nitrogen and oxygen atoms in total. The van der Waals surface area contributed by atoms with Crippen LogP contribution in [0.3, 0.4) is 0 Å². The minimum Gasteiger partial charge on any atom is -0.395 e. The highest BCUT2D eigenvalue weighted by Gasteiger charge is 2.20. The van der Waals surface area contributed by atoms with E-state index in [9.17, 15) is 9.90 Å². The van der Waals surface area contributed by atoms with Crippen molar-refractivity contribution in [3.63, 3.8) is 0 Å². The molecule has 0 spiro atoms. The third-order valence-electron chi connectivity index (χ3n) is 3.66. The van der Waals surface area contributed by atoms with E-state index in [2.05, 4.69) is 0 Å². The number of aliphatic hydroxyl groups is 1. The number of imidazole rings is 1. The summed E-state index contributed by atoms with van der Waals surface area (Å²) in [7, 11) is 0. The van der Waals surface area contributed by atoms with Gasteiger partial charge in [0, 0.05) is 23.9 Å². The Bertz CT molecular complexity index is 650. The van der Waals surface area contributed by atoms with Crippen LogP contribution in [0.1, 0.15) is 39.3 Å². The fourth-order valence-corrected chi connectivity index (χ4v) is 2.15. The molecule has 2 rings (SSSR count). The molecule has 0 bridgehead atoms. The lowest BCUT2D eigenvalue weighted by molar-refractivity contribution is 0.218. The van der Waals surface area contributed by atoms with Crippen LogP contribution in [-0.2, 0) is 5.41 Å². The van der Waals surface area contributed by atoms with Gasteiger partial charge in [-0.15, -0.1) is 0 Å². The smallest absolute Gasteiger partial charge is 0.332 e. The highest BCUT2D eigenvalue weighted by molar-refractivity contribution is 5.39. The normalized spacial score (nSPS) is 12.1. The Morgan fingerprint density at radius 3 is 2.50 bits per heavy atom. The molecule has 1 N–H and O–H groups in total. The molecule has 2 aromatic rings. The van der Waals surface area contributed by atoms with E-state index in [-0.39, 0.29) is 23.8 Å². The molecule has 0 saturated heterocycles. The van der Waals surface area contributed by atoms with Gasteiger partial charge in [-0.05, 0) is 31.5 Å². The zero-order valence-corrected chi connectivity index (χ0v) is 12.5. The summed E-state index contributed by atoms with van der Waals surface area (Å²) >= 11 is 0. The van der Waals surface area contributed by atoms with Crippen molar-refractivity contribution < 1.29 is 5.11 Å². The fourth-order valence-electron chi connectivity index (χ4n) is 2.15. The molecule has 0 radical (unpaired) electrons. The summed E-state index contributed by atoms with van der Waals surface area (Å²) in [4.78, 5) is 12.3. The first kappa shape index (κ1) is 14.6. The van der Waals surface area contributed by atoms with Crippen LogP contribution in [0.5, 0.6) is 0 Å². The Labute approximate surface area is 119 Å². The zero-order chi connectivity index (χ0) is 14.9. The SMILES string of the molecule is CC(C)n1ccn(-c2cccc(C(C)(C)CO)c2)c1=O. The van der Waals surface area contributed by atoms with E-state index in [0.29, 0.717) is 0 Å². The van der Waals surface area contributed by atoms with Crippen LogP contribution in [0, 0.1) is 0 Å². The van der Waals surface area contributed by atoms with Gasteiger partial charge in [0.05, 0.1) is 12.3 Å². The summed E-state index contributed by atoms with van der Waals surface area (Å²) in [6, 6.07) is 7.90. The molecule has 0 saturated carbocycles. The molecule has 0 aliphatic heterocycles. The monoisotopic (exact) mass is 274 g/mol. The molecule has 108 valence electrons. The number of hydrogen-bond acceptors (Lipinski definition) is 2. The Kier molecular flexibility index (Phi) is 3.86. The van der Waals surface area contributed by atoms with Crippen molar-refractivity contribution in [3.8, 4) is 5.69 Å². The molecule has 0 unspecified atom stereocenters. The van der Waals surface area contributed by atoms with Gasteiger partial charge in [0.2, 0.25) is 0 Å². The van der Waals surface area contributed by atoms with E-state index in [0.717, 1.165) is 11.3 Å². The average molecular weight is 274 g/mol. The zero-order valence-electron chi connectivity index (χ0n) is 12.5. The lowest BCUT2D eigenvalue weighted by Crippen LogP contribution is -2.25.